The Morgan fingerprint density at radius 3 is 3.05 bits per heavy atom. The number of nitrogens with zero attached hydrogens (tertiary/aromatic N) is 1. The molecule has 20 heavy (non-hydrogen) atoms. The molecule has 0 aliphatic carbocycles. The maximum absolute atomic E-state index is 11.5. The molecule has 2 N–H and O–H groups in total. The smallest absolute Gasteiger partial charge is 0.323 e. The molecule has 0 bridgehead atoms. The van der Waals surface area contributed by atoms with E-state index in [4.69, 9.17) is 0 Å². The SMILES string of the molecule is CC1(C(=O)O)CCCN1CCc1c[nH]c2ccccc12. The third kappa shape index (κ3) is 2.10. The lowest BCUT2D eigenvalue weighted by Crippen LogP contribution is -2.48. The van der Waals surface area contributed by atoms with Crippen molar-refractivity contribution in [3.05, 3.63) is 36.0 Å². The quantitative estimate of drug-likeness (QED) is 0.899. The summed E-state index contributed by atoms with van der Waals surface area (Å²) in [6.45, 7) is 3.52. The summed E-state index contributed by atoms with van der Waals surface area (Å²) in [6, 6.07) is 8.24. The molecule has 0 saturated carbocycles. The molecule has 1 unspecified atom stereocenters. The number of benzene rings is 1. The predicted octanol–water partition coefficient (Wildman–Crippen LogP) is 2.65. The first-order chi connectivity index (χ1) is 9.61. The number of likely N-dealkylation sites (tertiary alicyclic amines) is 1. The van der Waals surface area contributed by atoms with Gasteiger partial charge in [0.2, 0.25) is 0 Å². The lowest BCUT2D eigenvalue weighted by atomic mass is 9.99. The third-order valence-corrected chi connectivity index (χ3v) is 4.58. The molecule has 1 atom stereocenters. The third-order valence-electron chi connectivity index (χ3n) is 4.58. The van der Waals surface area contributed by atoms with E-state index in [1.54, 1.807) is 0 Å². The van der Waals surface area contributed by atoms with Gasteiger partial charge in [-0.15, -0.1) is 0 Å². The zero-order valence-electron chi connectivity index (χ0n) is 11.7. The summed E-state index contributed by atoms with van der Waals surface area (Å²) in [5.41, 5.74) is 1.72. The molecule has 1 saturated heterocycles. The van der Waals surface area contributed by atoms with Gasteiger partial charge in [-0.25, -0.2) is 0 Å². The van der Waals surface area contributed by atoms with Crippen LogP contribution in [0.5, 0.6) is 0 Å². The topological polar surface area (TPSA) is 56.3 Å². The summed E-state index contributed by atoms with van der Waals surface area (Å²) in [4.78, 5) is 16.8. The minimum atomic E-state index is -0.700. The second-order valence-electron chi connectivity index (χ2n) is 5.78. The molecular formula is C16H20N2O2. The van der Waals surface area contributed by atoms with Crippen molar-refractivity contribution in [3.8, 4) is 0 Å². The largest absolute Gasteiger partial charge is 0.480 e. The highest BCUT2D eigenvalue weighted by molar-refractivity contribution is 5.83. The van der Waals surface area contributed by atoms with Gasteiger partial charge in [-0.2, -0.15) is 0 Å². The number of carboxylic acid groups (broad SMARTS) is 1. The number of hydrogen-bond acceptors (Lipinski definition) is 2. The molecule has 2 heterocycles. The average molecular weight is 272 g/mol. The van der Waals surface area contributed by atoms with E-state index >= 15 is 0 Å². The Balaban J connectivity index is 1.75. The molecule has 106 valence electrons. The first-order valence-electron chi connectivity index (χ1n) is 7.15. The van der Waals surface area contributed by atoms with E-state index in [0.29, 0.717) is 0 Å². The van der Waals surface area contributed by atoms with Crippen LogP contribution in [0.2, 0.25) is 0 Å². The van der Waals surface area contributed by atoms with Crippen molar-refractivity contribution >= 4 is 16.9 Å². The molecular weight excluding hydrogens is 252 g/mol. The highest BCUT2D eigenvalue weighted by Gasteiger charge is 2.42. The van der Waals surface area contributed by atoms with Gasteiger partial charge in [0, 0.05) is 23.6 Å². The average Bonchev–Trinajstić information content (AvgIpc) is 3.01. The summed E-state index contributed by atoms with van der Waals surface area (Å²) < 4.78 is 0. The van der Waals surface area contributed by atoms with Crippen LogP contribution in [0, 0.1) is 0 Å². The number of rotatable bonds is 4. The predicted molar refractivity (Wildman–Crippen MR) is 78.9 cm³/mol. The van der Waals surface area contributed by atoms with Gasteiger partial charge < -0.3 is 10.1 Å². The van der Waals surface area contributed by atoms with E-state index in [-0.39, 0.29) is 0 Å². The monoisotopic (exact) mass is 272 g/mol. The van der Waals surface area contributed by atoms with Crippen molar-refractivity contribution in [3.63, 3.8) is 0 Å². The van der Waals surface area contributed by atoms with E-state index in [0.717, 1.165) is 37.9 Å². The summed E-state index contributed by atoms with van der Waals surface area (Å²) in [5.74, 6) is -0.700. The number of carboxylic acids is 1. The Bertz CT molecular complexity index is 634. The highest BCUT2D eigenvalue weighted by atomic mass is 16.4. The fourth-order valence-corrected chi connectivity index (χ4v) is 3.21. The van der Waals surface area contributed by atoms with Gasteiger partial charge >= 0.3 is 5.97 Å². The Morgan fingerprint density at radius 1 is 1.45 bits per heavy atom. The fraction of sp³-hybridized carbons (Fsp3) is 0.438. The van der Waals surface area contributed by atoms with Crippen molar-refractivity contribution in [1.29, 1.82) is 0 Å². The summed E-state index contributed by atoms with van der Waals surface area (Å²) in [5, 5.41) is 10.7. The van der Waals surface area contributed by atoms with Crippen LogP contribution in [0.1, 0.15) is 25.3 Å². The Hall–Kier alpha value is -1.81. The van der Waals surface area contributed by atoms with Gasteiger partial charge in [0.05, 0.1) is 0 Å². The highest BCUT2D eigenvalue weighted by Crippen LogP contribution is 2.29. The molecule has 4 nitrogen and oxygen atoms in total. The van der Waals surface area contributed by atoms with Crippen molar-refractivity contribution in [2.45, 2.75) is 31.7 Å². The van der Waals surface area contributed by atoms with Crippen LogP contribution >= 0.6 is 0 Å². The van der Waals surface area contributed by atoms with Crippen molar-refractivity contribution in [2.75, 3.05) is 13.1 Å². The number of fused-ring (bicyclic) bond motifs is 1. The molecule has 0 spiro atoms. The second-order valence-corrected chi connectivity index (χ2v) is 5.78. The Labute approximate surface area is 118 Å². The van der Waals surface area contributed by atoms with Crippen molar-refractivity contribution < 1.29 is 9.90 Å². The number of carbonyl (C=O) groups is 1. The normalized spacial score (nSPS) is 23.4. The number of para-hydroxylation sites is 1. The van der Waals surface area contributed by atoms with Crippen molar-refractivity contribution in [1.82, 2.24) is 9.88 Å². The van der Waals surface area contributed by atoms with Crippen LogP contribution in [0.3, 0.4) is 0 Å². The van der Waals surface area contributed by atoms with Gasteiger partial charge in [-0.3, -0.25) is 9.69 Å². The summed E-state index contributed by atoms with van der Waals surface area (Å²) in [6.07, 6.45) is 4.64. The number of H-pyrrole nitrogens is 1. The molecule has 0 radical (unpaired) electrons. The van der Waals surface area contributed by atoms with Crippen LogP contribution in [0.4, 0.5) is 0 Å². The van der Waals surface area contributed by atoms with Crippen LogP contribution < -0.4 is 0 Å². The van der Waals surface area contributed by atoms with E-state index in [2.05, 4.69) is 22.0 Å². The van der Waals surface area contributed by atoms with Crippen LogP contribution in [-0.2, 0) is 11.2 Å². The number of aromatic amines is 1. The van der Waals surface area contributed by atoms with Gasteiger partial charge in [0.25, 0.3) is 0 Å². The van der Waals surface area contributed by atoms with Crippen LogP contribution in [0.15, 0.2) is 30.5 Å². The van der Waals surface area contributed by atoms with E-state index in [9.17, 15) is 9.90 Å². The lowest BCUT2D eigenvalue weighted by Gasteiger charge is -2.31. The van der Waals surface area contributed by atoms with Crippen molar-refractivity contribution in [2.24, 2.45) is 0 Å². The number of aliphatic carboxylic acids is 1. The molecule has 4 heteroatoms. The zero-order valence-corrected chi connectivity index (χ0v) is 11.7. The molecule has 1 aliphatic rings. The molecule has 1 fully saturated rings. The Morgan fingerprint density at radius 2 is 2.25 bits per heavy atom. The minimum absolute atomic E-state index is 0.688. The maximum atomic E-state index is 11.5. The molecule has 3 rings (SSSR count). The van der Waals surface area contributed by atoms with Crippen LogP contribution in [0.25, 0.3) is 10.9 Å². The lowest BCUT2D eigenvalue weighted by molar-refractivity contribution is -0.148. The number of hydrogen-bond donors (Lipinski definition) is 2. The van der Waals surface area contributed by atoms with E-state index < -0.39 is 11.5 Å². The molecule has 1 aromatic carbocycles. The molecule has 1 aliphatic heterocycles. The summed E-state index contributed by atoms with van der Waals surface area (Å²) in [7, 11) is 0. The molecule has 1 aromatic heterocycles. The Kier molecular flexibility index (Phi) is 3.26. The van der Waals surface area contributed by atoms with Gasteiger partial charge in [-0.1, -0.05) is 18.2 Å². The van der Waals surface area contributed by atoms with Crippen LogP contribution in [-0.4, -0.2) is 39.6 Å². The first kappa shape index (κ1) is 13.2. The maximum Gasteiger partial charge on any atom is 0.323 e. The molecule has 0 amide bonds. The van der Waals surface area contributed by atoms with E-state index in [1.807, 2.05) is 25.3 Å². The van der Waals surface area contributed by atoms with Gasteiger partial charge in [0.15, 0.2) is 0 Å². The second kappa shape index (κ2) is 4.94. The standard InChI is InChI=1S/C16H20N2O2/c1-16(15(19)20)8-4-9-18(16)10-7-12-11-17-14-6-3-2-5-13(12)14/h2-3,5-6,11,17H,4,7-10H2,1H3,(H,19,20). The summed E-state index contributed by atoms with van der Waals surface area (Å²) >= 11 is 0. The van der Waals surface area contributed by atoms with E-state index in [1.165, 1.54) is 10.9 Å². The number of aromatic nitrogens is 1. The first-order valence-corrected chi connectivity index (χ1v) is 7.15. The fourth-order valence-electron chi connectivity index (χ4n) is 3.21. The van der Waals surface area contributed by atoms with Gasteiger partial charge in [0.1, 0.15) is 5.54 Å². The van der Waals surface area contributed by atoms with Gasteiger partial charge in [-0.05, 0) is 44.4 Å². The zero-order chi connectivity index (χ0) is 14.2. The molecule has 2 aromatic rings. The minimum Gasteiger partial charge on any atom is -0.480 e. The number of nitrogens with one attached hydrogen (secondary N) is 1.